The number of nitrogens with zero attached hydrogens (tertiary/aromatic N) is 2. The van der Waals surface area contributed by atoms with Crippen LogP contribution in [0.25, 0.3) is 0 Å². The van der Waals surface area contributed by atoms with Gasteiger partial charge in [-0.3, -0.25) is 9.11 Å². The second-order valence-corrected chi connectivity index (χ2v) is 8.75. The molecule has 0 radical (unpaired) electrons. The molecular weight excluding hydrogens is 388 g/mol. The molecule has 0 aliphatic carbocycles. The minimum Gasteiger partial charge on any atom is -0.726 e. The van der Waals surface area contributed by atoms with Crippen LogP contribution in [0, 0.1) is 0 Å². The molecule has 0 aromatic carbocycles. The fourth-order valence-corrected chi connectivity index (χ4v) is 2.83. The lowest BCUT2D eigenvalue weighted by atomic mass is 10.4. The van der Waals surface area contributed by atoms with E-state index in [-0.39, 0.29) is 0 Å². The molecule has 0 spiro atoms. The van der Waals surface area contributed by atoms with Gasteiger partial charge in [0.2, 0.25) is 20.8 Å². The molecule has 0 aromatic rings. The van der Waals surface area contributed by atoms with Crippen LogP contribution in [0.15, 0.2) is 0 Å². The molecule has 26 heavy (non-hydrogen) atoms. The molecule has 2 aliphatic rings. The molecule has 12 heteroatoms. The highest BCUT2D eigenvalue weighted by Gasteiger charge is 2.24. The molecule has 10 nitrogen and oxygen atoms in total. The van der Waals surface area contributed by atoms with Gasteiger partial charge in [-0.25, -0.2) is 16.8 Å². The molecular formula is C14H34N2O8S2. The normalized spacial score (nSPS) is 20.6. The highest BCUT2D eigenvalue weighted by Crippen LogP contribution is 2.15. The minimum atomic E-state index is -4.92. The van der Waals surface area contributed by atoms with Crippen LogP contribution in [-0.4, -0.2) is 97.4 Å². The Morgan fingerprint density at radius 2 is 0.846 bits per heavy atom. The molecule has 2 fully saturated rings. The van der Waals surface area contributed by atoms with Gasteiger partial charge in [-0.05, 0) is 13.8 Å². The van der Waals surface area contributed by atoms with Crippen molar-refractivity contribution >= 4 is 20.8 Å². The third-order valence-corrected chi connectivity index (χ3v) is 4.82. The molecule has 2 aliphatic heterocycles. The molecule has 160 valence electrons. The van der Waals surface area contributed by atoms with Crippen LogP contribution in [-0.2, 0) is 20.8 Å². The molecule has 2 saturated heterocycles. The summed E-state index contributed by atoms with van der Waals surface area (Å²) in [4.78, 5) is 0. The molecule has 0 saturated carbocycles. The summed E-state index contributed by atoms with van der Waals surface area (Å²) < 4.78 is 68.3. The fourth-order valence-electron chi connectivity index (χ4n) is 2.83. The average Bonchev–Trinajstić information content (AvgIpc) is 3.06. The Hall–Kier alpha value is -0.340. The monoisotopic (exact) mass is 422 g/mol. The van der Waals surface area contributed by atoms with Crippen LogP contribution in [0.4, 0.5) is 0 Å². The highest BCUT2D eigenvalue weighted by atomic mass is 32.3. The molecule has 0 atom stereocenters. The minimum absolute atomic E-state index is 1.32. The summed E-state index contributed by atoms with van der Waals surface area (Å²) in [5.74, 6) is 0. The summed E-state index contributed by atoms with van der Waals surface area (Å²) >= 11 is 0. The maximum atomic E-state index is 8.63. The first-order chi connectivity index (χ1) is 11.5. The Morgan fingerprint density at radius 1 is 0.692 bits per heavy atom. The Morgan fingerprint density at radius 3 is 0.923 bits per heavy atom. The first kappa shape index (κ1) is 27.9. The van der Waals surface area contributed by atoms with Crippen molar-refractivity contribution in [1.29, 1.82) is 0 Å². The Balaban J connectivity index is 0. The van der Waals surface area contributed by atoms with Gasteiger partial charge in [0.25, 0.3) is 0 Å². The van der Waals surface area contributed by atoms with E-state index >= 15 is 0 Å². The quantitative estimate of drug-likeness (QED) is 0.370. The topological polar surface area (TPSA) is 155 Å². The second kappa shape index (κ2) is 12.2. The molecule has 2 heterocycles. The van der Waals surface area contributed by atoms with Crippen LogP contribution in [0.3, 0.4) is 0 Å². The van der Waals surface area contributed by atoms with E-state index in [4.69, 9.17) is 35.0 Å². The van der Waals surface area contributed by atoms with E-state index in [0.717, 1.165) is 0 Å². The highest BCUT2D eigenvalue weighted by molar-refractivity contribution is 7.80. The van der Waals surface area contributed by atoms with Gasteiger partial charge in [0.1, 0.15) is 0 Å². The van der Waals surface area contributed by atoms with E-state index in [9.17, 15) is 0 Å². The Labute approximate surface area is 158 Å². The lowest BCUT2D eigenvalue weighted by Crippen LogP contribution is -2.40. The summed E-state index contributed by atoms with van der Waals surface area (Å²) in [5.41, 5.74) is 0. The van der Waals surface area contributed by atoms with E-state index < -0.39 is 20.8 Å². The number of likely N-dealkylation sites (tertiary alicyclic amines) is 2. The third kappa shape index (κ3) is 21.7. The van der Waals surface area contributed by atoms with Gasteiger partial charge >= 0.3 is 0 Å². The molecule has 0 unspecified atom stereocenters. The van der Waals surface area contributed by atoms with E-state index in [0.29, 0.717) is 0 Å². The van der Waals surface area contributed by atoms with Crippen LogP contribution < -0.4 is 0 Å². The zero-order chi connectivity index (χ0) is 21.1. The van der Waals surface area contributed by atoms with Crippen LogP contribution in [0.1, 0.15) is 39.5 Å². The maximum Gasteiger partial charge on any atom is 0.215 e. The number of quaternary nitrogens is 2. The zero-order valence-electron chi connectivity index (χ0n) is 16.1. The molecule has 0 bridgehead atoms. The van der Waals surface area contributed by atoms with Crippen LogP contribution in [0.2, 0.25) is 0 Å². The van der Waals surface area contributed by atoms with Crippen LogP contribution in [0.5, 0.6) is 0 Å². The van der Waals surface area contributed by atoms with Crippen molar-refractivity contribution in [2.45, 2.75) is 39.5 Å². The molecule has 2 N–H and O–H groups in total. The van der Waals surface area contributed by atoms with Gasteiger partial charge in [0.15, 0.2) is 0 Å². The molecule has 0 aromatic heterocycles. The Kier molecular flexibility index (Phi) is 13.1. The van der Waals surface area contributed by atoms with E-state index in [1.807, 2.05) is 0 Å². The number of hydrogen-bond donors (Lipinski definition) is 2. The fraction of sp³-hybridized carbons (Fsp3) is 1.00. The van der Waals surface area contributed by atoms with E-state index in [2.05, 4.69) is 27.9 Å². The van der Waals surface area contributed by atoms with E-state index in [1.54, 1.807) is 0 Å². The van der Waals surface area contributed by atoms with Gasteiger partial charge in [-0.2, -0.15) is 0 Å². The average molecular weight is 423 g/mol. The van der Waals surface area contributed by atoms with Crippen molar-refractivity contribution in [2.75, 3.05) is 53.4 Å². The lowest BCUT2D eigenvalue weighted by Gasteiger charge is -2.26. The summed E-state index contributed by atoms with van der Waals surface area (Å²) in [5, 5.41) is 0. The predicted molar refractivity (Wildman–Crippen MR) is 96.0 cm³/mol. The smallest absolute Gasteiger partial charge is 0.215 e. The van der Waals surface area contributed by atoms with Gasteiger partial charge in [0, 0.05) is 25.7 Å². The second-order valence-electron chi connectivity index (χ2n) is 7.04. The van der Waals surface area contributed by atoms with Crippen LogP contribution >= 0.6 is 0 Å². The van der Waals surface area contributed by atoms with Crippen molar-refractivity contribution < 1.29 is 44.0 Å². The van der Waals surface area contributed by atoms with E-state index in [1.165, 1.54) is 73.9 Å². The largest absolute Gasteiger partial charge is 0.726 e. The summed E-state index contributed by atoms with van der Waals surface area (Å²) in [6, 6.07) is 0. The van der Waals surface area contributed by atoms with Gasteiger partial charge in [-0.15, -0.1) is 0 Å². The first-order valence-corrected chi connectivity index (χ1v) is 11.3. The zero-order valence-corrected chi connectivity index (χ0v) is 17.8. The molecule has 0 amide bonds. The number of hydrogen-bond acceptors (Lipinski definition) is 6. The van der Waals surface area contributed by atoms with Crippen molar-refractivity contribution in [3.8, 4) is 0 Å². The van der Waals surface area contributed by atoms with Crippen molar-refractivity contribution in [1.82, 2.24) is 0 Å². The van der Waals surface area contributed by atoms with Gasteiger partial charge < -0.3 is 18.1 Å². The third-order valence-electron chi connectivity index (χ3n) is 4.82. The summed E-state index contributed by atoms with van der Waals surface area (Å²) in [7, 11) is -5.12. The van der Waals surface area contributed by atoms with Gasteiger partial charge in [-0.1, -0.05) is 0 Å². The van der Waals surface area contributed by atoms with Gasteiger partial charge in [0.05, 0.1) is 53.4 Å². The maximum absolute atomic E-state index is 8.63. The van der Waals surface area contributed by atoms with Crippen molar-refractivity contribution in [2.24, 2.45) is 0 Å². The lowest BCUT2D eigenvalue weighted by molar-refractivity contribution is -0.895. The SMILES string of the molecule is CC[N+]1(C)CCCC1.CC[N+]1(C)CCCC1.O=S(=O)([O-])O.O=S(=O)([O-])O. The first-order valence-electron chi connectivity index (χ1n) is 8.57. The summed E-state index contributed by atoms with van der Waals surface area (Å²) in [6.45, 7) is 12.9. The predicted octanol–water partition coefficient (Wildman–Crippen LogP) is 0.503. The standard InChI is InChI=1S/2C7H16N.2H2O4S/c2*1-3-8(2)6-4-5-7-8;2*1-5(2,3)4/h2*3-7H2,1-2H3;2*(H2,1,2,3,4)/q2*+1;;/p-2. The molecule has 2 rings (SSSR count). The summed E-state index contributed by atoms with van der Waals surface area (Å²) in [6.07, 6.45) is 5.80. The van der Waals surface area contributed by atoms with Crippen molar-refractivity contribution in [3.05, 3.63) is 0 Å². The number of rotatable bonds is 2. The Bertz CT molecular complexity index is 498. The van der Waals surface area contributed by atoms with Crippen molar-refractivity contribution in [3.63, 3.8) is 0 Å².